The Morgan fingerprint density at radius 2 is 1.65 bits per heavy atom. The molecule has 8 nitrogen and oxygen atoms in total. The number of ether oxygens (including phenoxy) is 2. The normalized spacial score (nSPS) is 12.7. The van der Waals surface area contributed by atoms with E-state index in [-0.39, 0.29) is 11.9 Å². The lowest BCUT2D eigenvalue weighted by atomic mass is 10.0. The zero-order chi connectivity index (χ0) is 26.5. The molecule has 0 fully saturated rings. The summed E-state index contributed by atoms with van der Waals surface area (Å²) >= 11 is 0. The summed E-state index contributed by atoms with van der Waals surface area (Å²) in [4.78, 5) is 24.7. The fourth-order valence-corrected chi connectivity index (χ4v) is 3.97. The van der Waals surface area contributed by atoms with Gasteiger partial charge in [-0.25, -0.2) is 9.07 Å². The van der Waals surface area contributed by atoms with Crippen LogP contribution in [0.15, 0.2) is 72.9 Å². The lowest BCUT2D eigenvalue weighted by molar-refractivity contribution is -0.140. The Morgan fingerprint density at radius 1 is 0.919 bits per heavy atom. The number of carbonyl (C=O) groups excluding carboxylic acids is 2. The molecule has 1 aromatic heterocycles. The number of benzene rings is 3. The van der Waals surface area contributed by atoms with Crippen LogP contribution in [0.4, 0.5) is 4.39 Å². The number of carbonyl (C=O) groups is 2. The van der Waals surface area contributed by atoms with Crippen LogP contribution >= 0.6 is 0 Å². The molecule has 0 radical (unpaired) electrons. The van der Waals surface area contributed by atoms with Gasteiger partial charge in [0.25, 0.3) is 0 Å². The third kappa shape index (κ3) is 6.06. The van der Waals surface area contributed by atoms with Crippen molar-refractivity contribution >= 4 is 22.7 Å². The van der Waals surface area contributed by atoms with Crippen LogP contribution in [0.25, 0.3) is 16.6 Å². The van der Waals surface area contributed by atoms with Gasteiger partial charge in [-0.05, 0) is 80.9 Å². The molecule has 0 unspecified atom stereocenters. The smallest absolute Gasteiger partial charge is 0.309 e. The van der Waals surface area contributed by atoms with E-state index in [1.807, 2.05) is 36.4 Å². The molecule has 1 heterocycles. The second-order valence-electron chi connectivity index (χ2n) is 8.96. The largest absolute Gasteiger partial charge is 0.497 e. The molecule has 37 heavy (non-hydrogen) atoms. The number of methoxy groups -OCH3 is 1. The van der Waals surface area contributed by atoms with E-state index in [0.29, 0.717) is 11.5 Å². The van der Waals surface area contributed by atoms with E-state index >= 15 is 0 Å². The van der Waals surface area contributed by atoms with Crippen molar-refractivity contribution < 1.29 is 23.5 Å². The van der Waals surface area contributed by atoms with Gasteiger partial charge in [0.2, 0.25) is 0 Å². The van der Waals surface area contributed by atoms with Gasteiger partial charge in [-0.15, -0.1) is 0 Å². The quantitative estimate of drug-likeness (QED) is 0.349. The van der Waals surface area contributed by atoms with E-state index in [9.17, 15) is 14.0 Å². The Kier molecular flexibility index (Phi) is 7.71. The maximum atomic E-state index is 13.3. The van der Waals surface area contributed by atoms with Gasteiger partial charge in [0.05, 0.1) is 30.6 Å². The number of rotatable bonds is 8. The summed E-state index contributed by atoms with van der Waals surface area (Å²) in [5.41, 5.74) is 2.32. The lowest BCUT2D eigenvalue weighted by Crippen LogP contribution is -2.48. The van der Waals surface area contributed by atoms with E-state index in [0.717, 1.165) is 22.2 Å². The molecule has 0 saturated heterocycles. The van der Waals surface area contributed by atoms with E-state index in [1.165, 1.54) is 12.1 Å². The zero-order valence-electron chi connectivity index (χ0n) is 21.1. The number of nitrogens with zero attached hydrogens (tertiary/aromatic N) is 2. The van der Waals surface area contributed by atoms with E-state index in [1.54, 1.807) is 57.0 Å². The molecule has 3 aromatic carbocycles. The van der Waals surface area contributed by atoms with Gasteiger partial charge >= 0.3 is 11.8 Å². The highest BCUT2D eigenvalue weighted by Crippen LogP contribution is 2.30. The highest BCUT2D eigenvalue weighted by atomic mass is 19.1. The molecule has 0 aliphatic carbocycles. The first-order chi connectivity index (χ1) is 17.7. The van der Waals surface area contributed by atoms with Gasteiger partial charge in [-0.2, -0.15) is 5.10 Å². The predicted octanol–water partition coefficient (Wildman–Crippen LogP) is 4.32. The molecule has 2 amide bonds. The molecule has 4 aromatic rings. The molecule has 0 spiro atoms. The highest BCUT2D eigenvalue weighted by molar-refractivity contribution is 6.35. The molecule has 0 bridgehead atoms. The Bertz CT molecular complexity index is 1400. The summed E-state index contributed by atoms with van der Waals surface area (Å²) in [6, 6.07) is 18.2. The minimum absolute atomic E-state index is 0.165. The third-order valence-corrected chi connectivity index (χ3v) is 5.73. The van der Waals surface area contributed by atoms with Gasteiger partial charge in [0, 0.05) is 11.4 Å². The first kappa shape index (κ1) is 25.7. The van der Waals surface area contributed by atoms with Crippen LogP contribution in [0.5, 0.6) is 11.5 Å². The molecule has 2 atom stereocenters. The van der Waals surface area contributed by atoms with Crippen molar-refractivity contribution in [3.63, 3.8) is 0 Å². The van der Waals surface area contributed by atoms with Gasteiger partial charge in [0.1, 0.15) is 23.4 Å². The number of halogens is 1. The molecular formula is C28H29FN4O4. The number of nitrogens with one attached hydrogen (secondary N) is 2. The molecule has 9 heteroatoms. The van der Waals surface area contributed by atoms with Crippen LogP contribution in [0, 0.1) is 5.82 Å². The average Bonchev–Trinajstić information content (AvgIpc) is 3.30. The maximum Gasteiger partial charge on any atom is 0.309 e. The van der Waals surface area contributed by atoms with Crippen LogP contribution in [-0.4, -0.2) is 40.8 Å². The second-order valence-corrected chi connectivity index (χ2v) is 8.96. The van der Waals surface area contributed by atoms with Crippen LogP contribution in [-0.2, 0) is 9.59 Å². The van der Waals surface area contributed by atoms with Crippen molar-refractivity contribution in [2.45, 2.75) is 39.0 Å². The summed E-state index contributed by atoms with van der Waals surface area (Å²) in [5.74, 6) is -0.582. The maximum absolute atomic E-state index is 13.3. The first-order valence-electron chi connectivity index (χ1n) is 11.9. The predicted molar refractivity (Wildman–Crippen MR) is 138 cm³/mol. The third-order valence-electron chi connectivity index (χ3n) is 5.73. The Hall–Kier alpha value is -4.40. The minimum atomic E-state index is -0.742. The number of fused-ring (bicyclic) bond motifs is 1. The number of amides is 2. The second kappa shape index (κ2) is 11.1. The van der Waals surface area contributed by atoms with Crippen molar-refractivity contribution in [2.24, 2.45) is 0 Å². The fraction of sp³-hybridized carbons (Fsp3) is 0.250. The Labute approximate surface area is 214 Å². The van der Waals surface area contributed by atoms with E-state index in [4.69, 9.17) is 9.47 Å². The van der Waals surface area contributed by atoms with Crippen molar-refractivity contribution in [1.29, 1.82) is 0 Å². The number of hydrogen-bond acceptors (Lipinski definition) is 5. The lowest BCUT2D eigenvalue weighted by Gasteiger charge is -2.27. The van der Waals surface area contributed by atoms with Gasteiger partial charge in [0.15, 0.2) is 0 Å². The Morgan fingerprint density at radius 3 is 2.35 bits per heavy atom. The number of aromatic nitrogens is 2. The molecule has 2 N–H and O–H groups in total. The molecule has 0 aliphatic rings. The summed E-state index contributed by atoms with van der Waals surface area (Å²) < 4.78 is 26.8. The van der Waals surface area contributed by atoms with E-state index < -0.39 is 24.0 Å². The first-order valence-corrected chi connectivity index (χ1v) is 11.9. The van der Waals surface area contributed by atoms with Crippen molar-refractivity contribution in [2.75, 3.05) is 7.11 Å². The topological polar surface area (TPSA) is 94.5 Å². The van der Waals surface area contributed by atoms with Crippen LogP contribution in [0.1, 0.15) is 32.4 Å². The molecule has 4 rings (SSSR count). The van der Waals surface area contributed by atoms with Crippen molar-refractivity contribution in [3.05, 3.63) is 84.3 Å². The van der Waals surface area contributed by atoms with Gasteiger partial charge < -0.3 is 20.1 Å². The summed E-state index contributed by atoms with van der Waals surface area (Å²) in [5, 5.41) is 10.6. The summed E-state index contributed by atoms with van der Waals surface area (Å²) in [7, 11) is 1.57. The molecular weight excluding hydrogens is 475 g/mol. The van der Waals surface area contributed by atoms with Gasteiger partial charge in [-0.1, -0.05) is 12.1 Å². The molecule has 192 valence electrons. The van der Waals surface area contributed by atoms with Crippen LogP contribution < -0.4 is 20.1 Å². The van der Waals surface area contributed by atoms with Gasteiger partial charge in [-0.3, -0.25) is 9.59 Å². The summed E-state index contributed by atoms with van der Waals surface area (Å²) in [6.07, 6.45) is 1.07. The molecule has 0 saturated carbocycles. The van der Waals surface area contributed by atoms with Crippen molar-refractivity contribution in [3.8, 4) is 17.2 Å². The monoisotopic (exact) mass is 504 g/mol. The average molecular weight is 505 g/mol. The minimum Gasteiger partial charge on any atom is -0.497 e. The molecule has 0 aliphatic heterocycles. The summed E-state index contributed by atoms with van der Waals surface area (Å²) in [6.45, 7) is 5.34. The van der Waals surface area contributed by atoms with E-state index in [2.05, 4.69) is 15.7 Å². The SMILES string of the molecule is COc1cccc([C@@H](Oc2ccc3c(cnn3-c3ccc(F)cc3)c2)[C@H](C)NC(=O)C(=O)NC(C)C)c1. The zero-order valence-corrected chi connectivity index (χ0v) is 21.1. The van der Waals surface area contributed by atoms with Crippen LogP contribution in [0.2, 0.25) is 0 Å². The highest BCUT2D eigenvalue weighted by Gasteiger charge is 2.26. The fourth-order valence-electron chi connectivity index (χ4n) is 3.97. The standard InChI is InChI=1S/C28H29FN4O4/c1-17(2)31-27(34)28(35)32-18(3)26(19-6-5-7-23(14-19)36-4)37-24-12-13-25-20(15-24)16-30-33(25)22-10-8-21(29)9-11-22/h5-18,26H,1-4H3,(H,31,34)(H,32,35)/t18-,26-/m0/s1. The number of hydrogen-bond donors (Lipinski definition) is 2. The van der Waals surface area contributed by atoms with Crippen LogP contribution in [0.3, 0.4) is 0 Å². The Balaban J connectivity index is 1.62. The van der Waals surface area contributed by atoms with Crippen molar-refractivity contribution in [1.82, 2.24) is 20.4 Å².